The summed E-state index contributed by atoms with van der Waals surface area (Å²) in [5.74, 6) is -1.05. The van der Waals surface area contributed by atoms with Crippen LogP contribution in [-0.4, -0.2) is 20.3 Å². The molecule has 76 valence electrons. The number of hydrogen-bond acceptors (Lipinski definition) is 3. The second kappa shape index (κ2) is 5.24. The van der Waals surface area contributed by atoms with Crippen molar-refractivity contribution in [1.82, 2.24) is 0 Å². The molecule has 0 heterocycles. The molecule has 0 N–H and O–H groups in total. The highest BCUT2D eigenvalue weighted by molar-refractivity contribution is 7.79. The molecule has 2 unspecified atom stereocenters. The molecule has 0 aliphatic heterocycles. The van der Waals surface area contributed by atoms with E-state index in [4.69, 9.17) is 11.6 Å². The van der Waals surface area contributed by atoms with Gasteiger partial charge in [0.05, 0.1) is 5.75 Å². The highest BCUT2D eigenvalue weighted by Crippen LogP contribution is 2.20. The Morgan fingerprint density at radius 3 is 2.50 bits per heavy atom. The van der Waals surface area contributed by atoms with Crippen LogP contribution in [0.3, 0.4) is 0 Å². The standard InChI is InChI=1S/C9H9ClO3S/c10-9(8(11)6-14(12)13)7-4-2-1-3-5-7/h1-5,9H,6H2,(H,12,13)/p-1. The molecule has 1 aromatic rings. The lowest BCUT2D eigenvalue weighted by molar-refractivity contribution is -0.116. The monoisotopic (exact) mass is 231 g/mol. The minimum absolute atomic E-state index is 0.508. The first kappa shape index (κ1) is 11.4. The zero-order valence-electron chi connectivity index (χ0n) is 7.18. The van der Waals surface area contributed by atoms with Crippen LogP contribution < -0.4 is 0 Å². The number of carbonyl (C=O) groups is 1. The van der Waals surface area contributed by atoms with Gasteiger partial charge in [-0.1, -0.05) is 30.3 Å². The van der Waals surface area contributed by atoms with Crippen LogP contribution in [0.15, 0.2) is 30.3 Å². The van der Waals surface area contributed by atoms with Crippen molar-refractivity contribution < 1.29 is 13.6 Å². The Hall–Kier alpha value is -0.710. The molecule has 0 amide bonds. The Morgan fingerprint density at radius 2 is 2.00 bits per heavy atom. The summed E-state index contributed by atoms with van der Waals surface area (Å²) in [7, 11) is 0. The molecule has 2 atom stereocenters. The zero-order chi connectivity index (χ0) is 10.6. The van der Waals surface area contributed by atoms with Crippen molar-refractivity contribution in [2.75, 3.05) is 5.75 Å². The molecule has 0 bridgehead atoms. The van der Waals surface area contributed by atoms with E-state index in [2.05, 4.69) is 0 Å². The molecule has 0 fully saturated rings. The Morgan fingerprint density at radius 1 is 1.43 bits per heavy atom. The van der Waals surface area contributed by atoms with Crippen molar-refractivity contribution >= 4 is 28.5 Å². The van der Waals surface area contributed by atoms with Crippen LogP contribution in [0.4, 0.5) is 0 Å². The van der Waals surface area contributed by atoms with Gasteiger partial charge in [-0.2, -0.15) is 0 Å². The second-order valence-corrected chi connectivity index (χ2v) is 4.02. The number of hydrogen-bond donors (Lipinski definition) is 0. The fourth-order valence-corrected chi connectivity index (χ4v) is 1.71. The predicted molar refractivity (Wildman–Crippen MR) is 53.8 cm³/mol. The summed E-state index contributed by atoms with van der Waals surface area (Å²) in [4.78, 5) is 11.2. The minimum atomic E-state index is -2.37. The number of Topliss-reactive ketones (excluding diaryl/α,β-unsaturated/α-hetero) is 1. The van der Waals surface area contributed by atoms with Gasteiger partial charge in [-0.05, 0) is 16.6 Å². The minimum Gasteiger partial charge on any atom is -0.772 e. The van der Waals surface area contributed by atoms with Crippen molar-refractivity contribution in [2.24, 2.45) is 0 Å². The first-order valence-corrected chi connectivity index (χ1v) is 5.57. The zero-order valence-corrected chi connectivity index (χ0v) is 8.75. The molecule has 14 heavy (non-hydrogen) atoms. The normalized spacial score (nSPS) is 14.7. The SMILES string of the molecule is O=C(CS(=O)[O-])C(Cl)c1ccccc1. The van der Waals surface area contributed by atoms with Gasteiger partial charge in [0.25, 0.3) is 0 Å². The molecule has 0 aliphatic carbocycles. The molecular weight excluding hydrogens is 224 g/mol. The van der Waals surface area contributed by atoms with Crippen molar-refractivity contribution in [2.45, 2.75) is 5.38 Å². The molecule has 0 aliphatic rings. The van der Waals surface area contributed by atoms with Gasteiger partial charge in [-0.25, -0.2) is 0 Å². The van der Waals surface area contributed by atoms with Gasteiger partial charge in [0.1, 0.15) is 5.38 Å². The van der Waals surface area contributed by atoms with E-state index in [1.54, 1.807) is 30.3 Å². The molecule has 3 nitrogen and oxygen atoms in total. The van der Waals surface area contributed by atoms with E-state index < -0.39 is 28.0 Å². The Kier molecular flexibility index (Phi) is 4.25. The van der Waals surface area contributed by atoms with Crippen molar-refractivity contribution in [1.29, 1.82) is 0 Å². The number of carbonyl (C=O) groups excluding carboxylic acids is 1. The van der Waals surface area contributed by atoms with E-state index in [0.717, 1.165) is 0 Å². The fraction of sp³-hybridized carbons (Fsp3) is 0.222. The van der Waals surface area contributed by atoms with Crippen LogP contribution in [-0.2, 0) is 15.9 Å². The lowest BCUT2D eigenvalue weighted by Crippen LogP contribution is -2.15. The topological polar surface area (TPSA) is 57.2 Å². The number of rotatable bonds is 4. The molecule has 0 saturated carbocycles. The van der Waals surface area contributed by atoms with Gasteiger partial charge in [0.2, 0.25) is 0 Å². The van der Waals surface area contributed by atoms with Crippen LogP contribution in [0.25, 0.3) is 0 Å². The lowest BCUT2D eigenvalue weighted by atomic mass is 10.1. The number of halogens is 1. The van der Waals surface area contributed by atoms with E-state index in [-0.39, 0.29) is 0 Å². The lowest BCUT2D eigenvalue weighted by Gasteiger charge is -2.09. The largest absolute Gasteiger partial charge is 0.772 e. The van der Waals surface area contributed by atoms with E-state index in [0.29, 0.717) is 5.56 Å². The summed E-state index contributed by atoms with van der Waals surface area (Å²) in [6, 6.07) is 8.65. The summed E-state index contributed by atoms with van der Waals surface area (Å²) in [6.45, 7) is 0. The molecule has 1 aromatic carbocycles. The molecule has 0 spiro atoms. The van der Waals surface area contributed by atoms with Gasteiger partial charge >= 0.3 is 0 Å². The molecule has 0 saturated heterocycles. The van der Waals surface area contributed by atoms with E-state index in [1.807, 2.05) is 0 Å². The summed E-state index contributed by atoms with van der Waals surface area (Å²) >= 11 is 3.40. The van der Waals surface area contributed by atoms with E-state index >= 15 is 0 Å². The maximum Gasteiger partial charge on any atom is 0.166 e. The summed E-state index contributed by atoms with van der Waals surface area (Å²) in [5.41, 5.74) is 0.615. The van der Waals surface area contributed by atoms with Crippen LogP contribution in [0, 0.1) is 0 Å². The number of ketones is 1. The fourth-order valence-electron chi connectivity index (χ4n) is 0.997. The van der Waals surface area contributed by atoms with Gasteiger partial charge in [-0.15, -0.1) is 11.6 Å². The molecule has 0 radical (unpaired) electrons. The van der Waals surface area contributed by atoms with Gasteiger partial charge < -0.3 is 4.55 Å². The third-order valence-corrected chi connectivity index (χ3v) is 2.65. The highest BCUT2D eigenvalue weighted by atomic mass is 35.5. The van der Waals surface area contributed by atoms with Crippen LogP contribution >= 0.6 is 11.6 Å². The molecule has 0 aromatic heterocycles. The highest BCUT2D eigenvalue weighted by Gasteiger charge is 2.16. The van der Waals surface area contributed by atoms with E-state index in [9.17, 15) is 13.6 Å². The van der Waals surface area contributed by atoms with Crippen LogP contribution in [0.2, 0.25) is 0 Å². The average Bonchev–Trinajstić information content (AvgIpc) is 2.17. The van der Waals surface area contributed by atoms with Crippen LogP contribution in [0.1, 0.15) is 10.9 Å². The Bertz CT molecular complexity index is 339. The second-order valence-electron chi connectivity index (χ2n) is 2.69. The van der Waals surface area contributed by atoms with Crippen molar-refractivity contribution in [3.63, 3.8) is 0 Å². The van der Waals surface area contributed by atoms with Crippen molar-refractivity contribution in [3.8, 4) is 0 Å². The smallest absolute Gasteiger partial charge is 0.166 e. The summed E-state index contributed by atoms with van der Waals surface area (Å²) < 4.78 is 20.5. The van der Waals surface area contributed by atoms with Gasteiger partial charge in [-0.3, -0.25) is 9.00 Å². The van der Waals surface area contributed by atoms with Gasteiger partial charge in [0.15, 0.2) is 5.78 Å². The quantitative estimate of drug-likeness (QED) is 0.582. The summed E-state index contributed by atoms with van der Waals surface area (Å²) in [6.07, 6.45) is 0. The van der Waals surface area contributed by atoms with Crippen molar-refractivity contribution in [3.05, 3.63) is 35.9 Å². The maximum absolute atomic E-state index is 11.2. The molecule has 5 heteroatoms. The first-order valence-electron chi connectivity index (χ1n) is 3.89. The number of alkyl halides is 1. The third kappa shape index (κ3) is 3.21. The van der Waals surface area contributed by atoms with Crippen LogP contribution in [0.5, 0.6) is 0 Å². The number of benzene rings is 1. The van der Waals surface area contributed by atoms with Gasteiger partial charge in [0, 0.05) is 0 Å². The van der Waals surface area contributed by atoms with E-state index in [1.165, 1.54) is 0 Å². The average molecular weight is 232 g/mol. The first-order chi connectivity index (χ1) is 6.61. The maximum atomic E-state index is 11.2. The Balaban J connectivity index is 2.71. The third-order valence-electron chi connectivity index (χ3n) is 1.64. The Labute approximate surface area is 89.4 Å². The molecular formula is C9H8ClO3S-. The predicted octanol–water partition coefficient (Wildman–Crippen LogP) is 1.41. The summed E-state index contributed by atoms with van der Waals surface area (Å²) in [5, 5.41) is -0.880. The molecule has 1 rings (SSSR count).